The van der Waals surface area contributed by atoms with Crippen molar-refractivity contribution in [1.82, 2.24) is 9.80 Å². The number of amidine groups is 1. The van der Waals surface area contributed by atoms with E-state index in [2.05, 4.69) is 21.8 Å². The van der Waals surface area contributed by atoms with Gasteiger partial charge in [-0.1, -0.05) is 18.2 Å². The number of hydrogen-bond donors (Lipinski definition) is 0. The van der Waals surface area contributed by atoms with Crippen LogP contribution in [0.2, 0.25) is 0 Å². The number of nitrogens with zero attached hydrogens (tertiary/aromatic N) is 3. The van der Waals surface area contributed by atoms with E-state index in [4.69, 9.17) is 9.47 Å². The van der Waals surface area contributed by atoms with Crippen molar-refractivity contribution in [2.45, 2.75) is 6.61 Å². The Morgan fingerprint density at radius 2 is 1.84 bits per heavy atom. The minimum atomic E-state index is -0.280. The molecule has 1 amide bonds. The minimum absolute atomic E-state index is 0.213. The van der Waals surface area contributed by atoms with Crippen LogP contribution < -0.4 is 9.47 Å². The summed E-state index contributed by atoms with van der Waals surface area (Å²) in [6, 6.07) is 11.7. The van der Waals surface area contributed by atoms with Crippen LogP contribution in [0.5, 0.6) is 11.5 Å². The van der Waals surface area contributed by atoms with Gasteiger partial charge in [0.2, 0.25) is 0 Å². The van der Waals surface area contributed by atoms with Gasteiger partial charge in [-0.3, -0.25) is 4.79 Å². The topological polar surface area (TPSA) is 54.4 Å². The van der Waals surface area contributed by atoms with E-state index >= 15 is 0 Å². The number of piperazine rings is 1. The summed E-state index contributed by atoms with van der Waals surface area (Å²) in [7, 11) is 3.67. The van der Waals surface area contributed by atoms with Crippen LogP contribution in [0.15, 0.2) is 52.4 Å². The Morgan fingerprint density at radius 1 is 1.10 bits per heavy atom. The lowest BCUT2D eigenvalue weighted by atomic mass is 10.2. The molecular weight excluding hydrogens is 417 g/mol. The molecule has 0 spiro atoms. The molecule has 0 atom stereocenters. The fourth-order valence-electron chi connectivity index (χ4n) is 3.32. The molecule has 2 heterocycles. The van der Waals surface area contributed by atoms with Gasteiger partial charge < -0.3 is 19.3 Å². The van der Waals surface area contributed by atoms with E-state index in [1.54, 1.807) is 25.3 Å². The number of benzene rings is 2. The quantitative estimate of drug-likeness (QED) is 0.661. The maximum atomic E-state index is 13.0. The van der Waals surface area contributed by atoms with Gasteiger partial charge in [0.25, 0.3) is 5.91 Å². The van der Waals surface area contributed by atoms with Gasteiger partial charge in [-0.25, -0.2) is 4.39 Å². The van der Waals surface area contributed by atoms with Crippen molar-refractivity contribution in [3.8, 4) is 11.5 Å². The molecule has 2 aromatic rings. The maximum absolute atomic E-state index is 13.0. The molecule has 31 heavy (non-hydrogen) atoms. The van der Waals surface area contributed by atoms with Crippen LogP contribution in [0, 0.1) is 5.82 Å². The molecule has 2 aliphatic rings. The van der Waals surface area contributed by atoms with Crippen molar-refractivity contribution in [3.63, 3.8) is 0 Å². The lowest BCUT2D eigenvalue weighted by molar-refractivity contribution is -0.113. The Hall–Kier alpha value is -2.84. The number of halogens is 1. The lowest BCUT2D eigenvalue weighted by Gasteiger charge is -2.32. The summed E-state index contributed by atoms with van der Waals surface area (Å²) in [5.41, 5.74) is 1.69. The largest absolute Gasteiger partial charge is 0.493 e. The van der Waals surface area contributed by atoms with Gasteiger partial charge in [0.15, 0.2) is 16.7 Å². The average molecular weight is 442 g/mol. The first kappa shape index (κ1) is 21.4. The number of hydrogen-bond acceptors (Lipinski definition) is 6. The molecule has 4 rings (SSSR count). The summed E-state index contributed by atoms with van der Waals surface area (Å²) in [5, 5.41) is 0.774. The van der Waals surface area contributed by atoms with Crippen molar-refractivity contribution in [3.05, 3.63) is 64.3 Å². The minimum Gasteiger partial charge on any atom is -0.493 e. The molecule has 0 aliphatic carbocycles. The third-order valence-electron chi connectivity index (χ3n) is 5.18. The summed E-state index contributed by atoms with van der Waals surface area (Å²) in [6.07, 6.45) is 1.83. The predicted molar refractivity (Wildman–Crippen MR) is 121 cm³/mol. The zero-order chi connectivity index (χ0) is 21.8. The van der Waals surface area contributed by atoms with Gasteiger partial charge >= 0.3 is 0 Å². The number of rotatable bonds is 5. The smallest absolute Gasteiger partial charge is 0.286 e. The molecule has 0 unspecified atom stereocenters. The number of ether oxygens (including phenoxy) is 2. The van der Waals surface area contributed by atoms with Crippen molar-refractivity contribution >= 4 is 28.9 Å². The van der Waals surface area contributed by atoms with E-state index in [-0.39, 0.29) is 11.7 Å². The first-order valence-electron chi connectivity index (χ1n) is 10.0. The Kier molecular flexibility index (Phi) is 6.58. The average Bonchev–Trinajstić information content (AvgIpc) is 3.14. The van der Waals surface area contributed by atoms with Gasteiger partial charge in [-0.2, -0.15) is 4.99 Å². The van der Waals surface area contributed by atoms with E-state index in [9.17, 15) is 9.18 Å². The van der Waals surface area contributed by atoms with Crippen LogP contribution in [-0.4, -0.2) is 61.2 Å². The summed E-state index contributed by atoms with van der Waals surface area (Å²) < 4.78 is 24.3. The molecule has 1 fully saturated rings. The molecule has 0 aromatic heterocycles. The second kappa shape index (κ2) is 9.53. The van der Waals surface area contributed by atoms with E-state index in [0.29, 0.717) is 23.0 Å². The van der Waals surface area contributed by atoms with Gasteiger partial charge in [-0.05, 0) is 60.3 Å². The standard InChI is InChI=1S/C23H24FN3O3S/c1-26-9-11-27(12-10-26)23-25-22(28)21(31-23)14-17-5-8-19(20(13-17)29-2)30-15-16-3-6-18(24)7-4-16/h3-8,13-14H,9-12,15H2,1-2H3/b21-14+. The van der Waals surface area contributed by atoms with Gasteiger partial charge in [-0.15, -0.1) is 0 Å². The number of amides is 1. The molecule has 6 nitrogen and oxygen atoms in total. The number of methoxy groups -OCH3 is 1. The monoisotopic (exact) mass is 441 g/mol. The number of carbonyl (C=O) groups is 1. The Labute approximate surface area is 185 Å². The first-order chi connectivity index (χ1) is 15.0. The van der Waals surface area contributed by atoms with Gasteiger partial charge in [0, 0.05) is 26.2 Å². The fraction of sp³-hybridized carbons (Fsp3) is 0.304. The Morgan fingerprint density at radius 3 is 2.55 bits per heavy atom. The third kappa shape index (κ3) is 5.26. The second-order valence-electron chi connectivity index (χ2n) is 7.43. The highest BCUT2D eigenvalue weighted by atomic mass is 32.2. The van der Waals surface area contributed by atoms with Crippen molar-refractivity contribution in [1.29, 1.82) is 0 Å². The van der Waals surface area contributed by atoms with E-state index in [1.807, 2.05) is 18.2 Å². The summed E-state index contributed by atoms with van der Waals surface area (Å²) in [4.78, 5) is 21.7. The van der Waals surface area contributed by atoms with Crippen LogP contribution in [0.4, 0.5) is 4.39 Å². The molecular formula is C23H24FN3O3S. The van der Waals surface area contributed by atoms with Crippen LogP contribution in [-0.2, 0) is 11.4 Å². The molecule has 1 saturated heterocycles. The fourth-order valence-corrected chi connectivity index (χ4v) is 4.28. The zero-order valence-electron chi connectivity index (χ0n) is 17.5. The highest BCUT2D eigenvalue weighted by Crippen LogP contribution is 2.34. The highest BCUT2D eigenvalue weighted by Gasteiger charge is 2.27. The second-order valence-corrected chi connectivity index (χ2v) is 8.44. The van der Waals surface area contributed by atoms with E-state index < -0.39 is 0 Å². The highest BCUT2D eigenvalue weighted by molar-refractivity contribution is 8.18. The van der Waals surface area contributed by atoms with E-state index in [1.165, 1.54) is 23.9 Å². The predicted octanol–water partition coefficient (Wildman–Crippen LogP) is 3.63. The summed E-state index contributed by atoms with van der Waals surface area (Å²) in [5.74, 6) is 0.646. The molecule has 162 valence electrons. The molecule has 2 aliphatic heterocycles. The van der Waals surface area contributed by atoms with Crippen molar-refractivity contribution in [2.24, 2.45) is 4.99 Å². The van der Waals surface area contributed by atoms with Crippen LogP contribution in [0.1, 0.15) is 11.1 Å². The molecule has 0 radical (unpaired) electrons. The molecule has 0 saturated carbocycles. The molecule has 2 aromatic carbocycles. The maximum Gasteiger partial charge on any atom is 0.286 e. The molecule has 0 N–H and O–H groups in total. The Bertz CT molecular complexity index is 1020. The van der Waals surface area contributed by atoms with Crippen molar-refractivity contribution < 1.29 is 18.7 Å². The number of aliphatic imine (C=N–C) groups is 1. The lowest BCUT2D eigenvalue weighted by Crippen LogP contribution is -2.46. The van der Waals surface area contributed by atoms with Crippen LogP contribution in [0.3, 0.4) is 0 Å². The van der Waals surface area contributed by atoms with E-state index in [0.717, 1.165) is 42.5 Å². The Balaban J connectivity index is 1.43. The number of likely N-dealkylation sites (N-methyl/N-ethyl adjacent to an activating group) is 1. The summed E-state index contributed by atoms with van der Waals surface area (Å²) in [6.45, 7) is 3.97. The SMILES string of the molecule is COc1cc(/C=C2/SC(N3CCN(C)CC3)=NC2=O)ccc1OCc1ccc(F)cc1. The summed E-state index contributed by atoms with van der Waals surface area (Å²) >= 11 is 1.41. The van der Waals surface area contributed by atoms with Crippen LogP contribution in [0.25, 0.3) is 6.08 Å². The molecule has 0 bridgehead atoms. The number of thioether (sulfide) groups is 1. The molecule has 8 heteroatoms. The van der Waals surface area contributed by atoms with Crippen molar-refractivity contribution in [2.75, 3.05) is 40.3 Å². The van der Waals surface area contributed by atoms with Gasteiger partial charge in [0.05, 0.1) is 12.0 Å². The zero-order valence-corrected chi connectivity index (χ0v) is 18.3. The normalized spacial score (nSPS) is 18.4. The third-order valence-corrected chi connectivity index (χ3v) is 6.22. The first-order valence-corrected chi connectivity index (χ1v) is 10.8. The number of carbonyl (C=O) groups excluding carboxylic acids is 1. The van der Waals surface area contributed by atoms with Gasteiger partial charge in [0.1, 0.15) is 12.4 Å². The van der Waals surface area contributed by atoms with Crippen LogP contribution >= 0.6 is 11.8 Å².